The lowest BCUT2D eigenvalue weighted by Gasteiger charge is -2.07. The van der Waals surface area contributed by atoms with Crippen LogP contribution in [0.4, 0.5) is 5.82 Å². The van der Waals surface area contributed by atoms with Crippen molar-refractivity contribution < 1.29 is 17.7 Å². The molecule has 3 aromatic heterocycles. The summed E-state index contributed by atoms with van der Waals surface area (Å²) in [6.45, 7) is 1.19. The Kier molecular flexibility index (Phi) is 3.27. The molecule has 0 radical (unpaired) electrons. The molecule has 0 spiro atoms. The predicted octanol–water partition coefficient (Wildman–Crippen LogP) is 1.18. The molecule has 9 nitrogen and oxygen atoms in total. The maximum Gasteiger partial charge on any atom is 0.266 e. The normalized spacial score (nSPS) is 18.5. The number of nitrogens with one attached hydrogen (secondary N) is 1. The summed E-state index contributed by atoms with van der Waals surface area (Å²) in [5, 5.41) is 7.83. The van der Waals surface area contributed by atoms with Crippen molar-refractivity contribution in [3.8, 4) is 0 Å². The second-order valence-corrected chi connectivity index (χ2v) is 6.84. The van der Waals surface area contributed by atoms with Gasteiger partial charge in [-0.25, -0.2) is 13.4 Å². The van der Waals surface area contributed by atoms with Crippen LogP contribution < -0.4 is 4.72 Å². The minimum atomic E-state index is -3.82. The highest BCUT2D eigenvalue weighted by molar-refractivity contribution is 7.92. The minimum absolute atomic E-state index is 0.0523. The molecule has 1 unspecified atom stereocenters. The standard InChI is InChI=1S/C13H13N5O4S/c19-23(20,10-6-15-18(7-10)9-3-5-21-8-9)17-13-12-11(22-16-13)2-1-4-14-12/h1-2,4,6-7,9H,3,5,8H2,(H,16,17). The van der Waals surface area contributed by atoms with Crippen LogP contribution >= 0.6 is 0 Å². The monoisotopic (exact) mass is 335 g/mol. The number of hydrogen-bond acceptors (Lipinski definition) is 7. The van der Waals surface area contributed by atoms with Crippen LogP contribution in [0.15, 0.2) is 40.1 Å². The summed E-state index contributed by atoms with van der Waals surface area (Å²) < 4.78 is 39.2. The summed E-state index contributed by atoms with van der Waals surface area (Å²) in [5.74, 6) is 0.0533. The van der Waals surface area contributed by atoms with E-state index in [1.807, 2.05) is 0 Å². The molecule has 1 saturated heterocycles. The van der Waals surface area contributed by atoms with Gasteiger partial charge in [-0.05, 0) is 18.6 Å². The first-order valence-electron chi connectivity index (χ1n) is 6.98. The molecule has 0 bridgehead atoms. The van der Waals surface area contributed by atoms with E-state index in [4.69, 9.17) is 9.26 Å². The van der Waals surface area contributed by atoms with Crippen LogP contribution in [0.25, 0.3) is 11.1 Å². The molecule has 23 heavy (non-hydrogen) atoms. The Labute approximate surface area is 131 Å². The third-order valence-corrected chi connectivity index (χ3v) is 4.92. The summed E-state index contributed by atoms with van der Waals surface area (Å²) in [7, 11) is -3.82. The average molecular weight is 335 g/mol. The Morgan fingerprint density at radius 3 is 3.13 bits per heavy atom. The van der Waals surface area contributed by atoms with E-state index in [1.54, 1.807) is 16.8 Å². The Morgan fingerprint density at radius 1 is 1.39 bits per heavy atom. The van der Waals surface area contributed by atoms with E-state index in [-0.39, 0.29) is 16.8 Å². The van der Waals surface area contributed by atoms with Crippen molar-refractivity contribution in [3.05, 3.63) is 30.7 Å². The van der Waals surface area contributed by atoms with Gasteiger partial charge in [0.2, 0.25) is 5.82 Å². The van der Waals surface area contributed by atoms with Crippen LogP contribution in [0.2, 0.25) is 0 Å². The van der Waals surface area contributed by atoms with Gasteiger partial charge < -0.3 is 9.26 Å². The van der Waals surface area contributed by atoms with Crippen LogP contribution in [0.3, 0.4) is 0 Å². The van der Waals surface area contributed by atoms with E-state index in [1.165, 1.54) is 18.6 Å². The molecule has 1 atom stereocenters. The molecule has 0 aromatic carbocycles. The lowest BCUT2D eigenvalue weighted by Crippen LogP contribution is -2.13. The topological polar surface area (TPSA) is 112 Å². The first-order valence-corrected chi connectivity index (χ1v) is 8.47. The molecular weight excluding hydrogens is 322 g/mol. The molecule has 4 rings (SSSR count). The van der Waals surface area contributed by atoms with Crippen molar-refractivity contribution in [2.45, 2.75) is 17.4 Å². The van der Waals surface area contributed by atoms with Gasteiger partial charge in [0, 0.05) is 19.0 Å². The second kappa shape index (κ2) is 5.32. The maximum absolute atomic E-state index is 12.5. The molecule has 120 valence electrons. The largest absolute Gasteiger partial charge is 0.379 e. The van der Waals surface area contributed by atoms with E-state index in [2.05, 4.69) is 20.0 Å². The summed E-state index contributed by atoms with van der Waals surface area (Å²) >= 11 is 0. The highest BCUT2D eigenvalue weighted by Gasteiger charge is 2.24. The highest BCUT2D eigenvalue weighted by Crippen LogP contribution is 2.24. The van der Waals surface area contributed by atoms with Gasteiger partial charge in [-0.3, -0.25) is 9.40 Å². The number of fused-ring (bicyclic) bond motifs is 1. The molecule has 1 aliphatic rings. The van der Waals surface area contributed by atoms with Crippen LogP contribution in [0.5, 0.6) is 0 Å². The van der Waals surface area contributed by atoms with E-state index < -0.39 is 10.0 Å². The van der Waals surface area contributed by atoms with Gasteiger partial charge in [0.25, 0.3) is 10.0 Å². The fourth-order valence-corrected chi connectivity index (χ4v) is 3.36. The number of sulfonamides is 1. The predicted molar refractivity (Wildman–Crippen MR) is 79.3 cm³/mol. The fourth-order valence-electron chi connectivity index (χ4n) is 2.42. The van der Waals surface area contributed by atoms with Gasteiger partial charge in [0.05, 0.1) is 18.8 Å². The van der Waals surface area contributed by atoms with Gasteiger partial charge in [-0.1, -0.05) is 5.16 Å². The molecule has 1 fully saturated rings. The van der Waals surface area contributed by atoms with E-state index in [0.29, 0.717) is 24.3 Å². The van der Waals surface area contributed by atoms with Crippen LogP contribution in [0, 0.1) is 0 Å². The molecule has 3 aromatic rings. The van der Waals surface area contributed by atoms with E-state index in [9.17, 15) is 8.42 Å². The number of ether oxygens (including phenoxy) is 1. The smallest absolute Gasteiger partial charge is 0.266 e. The zero-order valence-electron chi connectivity index (χ0n) is 11.9. The van der Waals surface area contributed by atoms with E-state index in [0.717, 1.165) is 6.42 Å². The second-order valence-electron chi connectivity index (χ2n) is 5.16. The Morgan fingerprint density at radius 2 is 2.30 bits per heavy atom. The molecule has 1 N–H and O–H groups in total. The lowest BCUT2D eigenvalue weighted by molar-refractivity contribution is 0.184. The zero-order chi connectivity index (χ0) is 15.9. The minimum Gasteiger partial charge on any atom is -0.379 e. The zero-order valence-corrected chi connectivity index (χ0v) is 12.7. The number of anilines is 1. The van der Waals surface area contributed by atoms with Crippen LogP contribution in [-0.4, -0.2) is 41.6 Å². The Bertz CT molecular complexity index is 942. The quantitative estimate of drug-likeness (QED) is 0.762. The summed E-state index contributed by atoms with van der Waals surface area (Å²) in [6, 6.07) is 3.40. The van der Waals surface area contributed by atoms with Gasteiger partial charge in [0.1, 0.15) is 4.90 Å². The third-order valence-electron chi connectivity index (χ3n) is 3.63. The molecule has 0 aliphatic carbocycles. The fraction of sp³-hybridized carbons (Fsp3) is 0.308. The van der Waals surface area contributed by atoms with E-state index >= 15 is 0 Å². The summed E-state index contributed by atoms with van der Waals surface area (Å²) in [5.41, 5.74) is 0.761. The first kappa shape index (κ1) is 14.2. The van der Waals surface area contributed by atoms with Gasteiger partial charge in [-0.15, -0.1) is 0 Å². The number of nitrogens with zero attached hydrogens (tertiary/aromatic N) is 4. The number of hydrogen-bond donors (Lipinski definition) is 1. The van der Waals surface area contributed by atoms with Gasteiger partial charge >= 0.3 is 0 Å². The highest BCUT2D eigenvalue weighted by atomic mass is 32.2. The molecule has 1 aliphatic heterocycles. The molecule has 4 heterocycles. The number of aromatic nitrogens is 4. The maximum atomic E-state index is 12.5. The van der Waals surface area contributed by atoms with Crippen molar-refractivity contribution in [3.63, 3.8) is 0 Å². The Balaban J connectivity index is 1.62. The average Bonchev–Trinajstić information content (AvgIpc) is 3.28. The van der Waals surface area contributed by atoms with Crippen molar-refractivity contribution >= 4 is 26.9 Å². The molecule has 10 heteroatoms. The summed E-state index contributed by atoms with van der Waals surface area (Å²) in [4.78, 5) is 4.12. The molecular formula is C13H13N5O4S. The SMILES string of the molecule is O=S(=O)(Nc1noc2cccnc12)c1cnn(C2CCOC2)c1. The van der Waals surface area contributed by atoms with Gasteiger partial charge in [0.15, 0.2) is 11.1 Å². The van der Waals surface area contributed by atoms with Crippen molar-refractivity contribution in [2.75, 3.05) is 17.9 Å². The third kappa shape index (κ3) is 2.55. The Hall–Kier alpha value is -2.46. The first-order chi connectivity index (χ1) is 11.1. The van der Waals surface area contributed by atoms with Gasteiger partial charge in [-0.2, -0.15) is 5.10 Å². The lowest BCUT2D eigenvalue weighted by atomic mass is 10.3. The summed E-state index contributed by atoms with van der Waals surface area (Å²) in [6.07, 6.45) is 5.13. The van der Waals surface area contributed by atoms with Crippen LogP contribution in [-0.2, 0) is 14.8 Å². The van der Waals surface area contributed by atoms with Crippen LogP contribution in [0.1, 0.15) is 12.5 Å². The van der Waals surface area contributed by atoms with Crippen molar-refractivity contribution in [1.29, 1.82) is 0 Å². The van der Waals surface area contributed by atoms with Crippen molar-refractivity contribution in [2.24, 2.45) is 0 Å². The number of rotatable bonds is 4. The molecule has 0 saturated carbocycles. The number of pyridine rings is 1. The molecule has 0 amide bonds. The van der Waals surface area contributed by atoms with Crippen molar-refractivity contribution in [1.82, 2.24) is 19.9 Å².